The number of aromatic nitrogens is 3. The minimum atomic E-state index is -0.0709. The van der Waals surface area contributed by atoms with Gasteiger partial charge >= 0.3 is 0 Å². The molecule has 1 amide bonds. The zero-order valence-electron chi connectivity index (χ0n) is 17.5. The summed E-state index contributed by atoms with van der Waals surface area (Å²) in [5.41, 5.74) is 3.89. The SMILES string of the molecule is Cc1cc(C)c2sc(N(CCCn3ccnc3)C(=O)c3cc(C)oc3C)nc2c1.Cl. The number of thiazole rings is 1. The molecular weight excluding hydrogens is 420 g/mol. The van der Waals surface area contributed by atoms with E-state index in [0.717, 1.165) is 34.1 Å². The molecule has 6 nitrogen and oxygen atoms in total. The lowest BCUT2D eigenvalue weighted by Crippen LogP contribution is -2.32. The van der Waals surface area contributed by atoms with Gasteiger partial charge in [0.25, 0.3) is 5.91 Å². The molecule has 0 aliphatic rings. The number of fused-ring (bicyclic) bond motifs is 1. The number of amides is 1. The van der Waals surface area contributed by atoms with Gasteiger partial charge < -0.3 is 8.98 Å². The van der Waals surface area contributed by atoms with E-state index in [-0.39, 0.29) is 18.3 Å². The third kappa shape index (κ3) is 4.42. The summed E-state index contributed by atoms with van der Waals surface area (Å²) >= 11 is 1.57. The van der Waals surface area contributed by atoms with Crippen LogP contribution in [0.5, 0.6) is 0 Å². The summed E-state index contributed by atoms with van der Waals surface area (Å²) < 4.78 is 8.74. The van der Waals surface area contributed by atoms with E-state index in [9.17, 15) is 4.79 Å². The summed E-state index contributed by atoms with van der Waals surface area (Å²) in [6.45, 7) is 9.20. The number of nitrogens with zero attached hydrogens (tertiary/aromatic N) is 4. The van der Waals surface area contributed by atoms with Crippen LogP contribution in [0, 0.1) is 27.7 Å². The van der Waals surface area contributed by atoms with Gasteiger partial charge in [-0.3, -0.25) is 9.69 Å². The van der Waals surface area contributed by atoms with Gasteiger partial charge in [0.05, 0.1) is 22.1 Å². The molecule has 0 aliphatic carbocycles. The molecule has 8 heteroatoms. The molecule has 158 valence electrons. The van der Waals surface area contributed by atoms with Gasteiger partial charge in [-0.15, -0.1) is 12.4 Å². The van der Waals surface area contributed by atoms with Crippen LogP contribution >= 0.6 is 23.7 Å². The van der Waals surface area contributed by atoms with Crippen LogP contribution in [0.15, 0.2) is 41.3 Å². The van der Waals surface area contributed by atoms with Gasteiger partial charge in [-0.2, -0.15) is 0 Å². The summed E-state index contributed by atoms with van der Waals surface area (Å²) in [4.78, 5) is 24.1. The predicted octanol–water partition coefficient (Wildman–Crippen LogP) is 5.48. The normalized spacial score (nSPS) is 10.9. The molecule has 0 fully saturated rings. The number of benzene rings is 1. The Morgan fingerprint density at radius 2 is 2.00 bits per heavy atom. The van der Waals surface area contributed by atoms with Crippen LogP contribution in [0.2, 0.25) is 0 Å². The zero-order chi connectivity index (χ0) is 20.5. The second-order valence-electron chi connectivity index (χ2n) is 7.36. The molecule has 0 unspecified atom stereocenters. The molecular formula is C22H25ClN4O2S. The van der Waals surface area contributed by atoms with Gasteiger partial charge in [0.2, 0.25) is 0 Å². The van der Waals surface area contributed by atoms with Crippen LogP contribution in [0.1, 0.15) is 39.4 Å². The number of aryl methyl sites for hydroxylation is 5. The monoisotopic (exact) mass is 444 g/mol. The maximum atomic E-state index is 13.4. The lowest BCUT2D eigenvalue weighted by atomic mass is 10.1. The fourth-order valence-corrected chi connectivity index (χ4v) is 4.62. The number of carbonyl (C=O) groups excluding carboxylic acids is 1. The first-order valence-electron chi connectivity index (χ1n) is 9.65. The van der Waals surface area contributed by atoms with Gasteiger partial charge in [-0.1, -0.05) is 17.4 Å². The van der Waals surface area contributed by atoms with Crippen molar-refractivity contribution in [1.82, 2.24) is 14.5 Å². The van der Waals surface area contributed by atoms with Gasteiger partial charge in [0.1, 0.15) is 11.5 Å². The number of hydrogen-bond acceptors (Lipinski definition) is 5. The Kier molecular flexibility index (Phi) is 6.63. The lowest BCUT2D eigenvalue weighted by molar-refractivity contribution is 0.0985. The molecule has 4 aromatic rings. The van der Waals surface area contributed by atoms with Crippen molar-refractivity contribution in [2.75, 3.05) is 11.4 Å². The molecule has 1 aromatic carbocycles. The molecule has 0 bridgehead atoms. The molecule has 0 radical (unpaired) electrons. The van der Waals surface area contributed by atoms with Gasteiger partial charge in [0.15, 0.2) is 5.13 Å². The highest BCUT2D eigenvalue weighted by Crippen LogP contribution is 2.33. The molecule has 3 heterocycles. The number of imidazole rings is 1. The highest BCUT2D eigenvalue weighted by atomic mass is 35.5. The fourth-order valence-electron chi connectivity index (χ4n) is 3.58. The van der Waals surface area contributed by atoms with Crippen molar-refractivity contribution < 1.29 is 9.21 Å². The average molecular weight is 445 g/mol. The van der Waals surface area contributed by atoms with Crippen molar-refractivity contribution in [3.8, 4) is 0 Å². The molecule has 0 spiro atoms. The lowest BCUT2D eigenvalue weighted by Gasteiger charge is -2.19. The Morgan fingerprint density at radius 3 is 2.67 bits per heavy atom. The van der Waals surface area contributed by atoms with E-state index in [2.05, 4.69) is 31.0 Å². The van der Waals surface area contributed by atoms with Crippen LogP contribution < -0.4 is 4.90 Å². The fraction of sp³-hybridized carbons (Fsp3) is 0.318. The first-order valence-corrected chi connectivity index (χ1v) is 10.5. The second kappa shape index (κ2) is 9.02. The summed E-state index contributed by atoms with van der Waals surface area (Å²) in [5, 5.41) is 0.725. The molecule has 4 rings (SSSR count). The van der Waals surface area contributed by atoms with Crippen molar-refractivity contribution >= 4 is 45.0 Å². The van der Waals surface area contributed by atoms with E-state index in [1.165, 1.54) is 11.1 Å². The van der Waals surface area contributed by atoms with Gasteiger partial charge in [0, 0.05) is 25.5 Å². The summed E-state index contributed by atoms with van der Waals surface area (Å²) in [6.07, 6.45) is 6.28. The summed E-state index contributed by atoms with van der Waals surface area (Å²) in [7, 11) is 0. The Balaban J connectivity index is 0.00000256. The molecule has 0 N–H and O–H groups in total. The maximum Gasteiger partial charge on any atom is 0.263 e. The third-order valence-corrected chi connectivity index (χ3v) is 6.14. The Bertz CT molecular complexity index is 1160. The zero-order valence-corrected chi connectivity index (χ0v) is 19.1. The van der Waals surface area contributed by atoms with E-state index in [1.807, 2.05) is 30.7 Å². The smallest absolute Gasteiger partial charge is 0.263 e. The predicted molar refractivity (Wildman–Crippen MR) is 123 cm³/mol. The van der Waals surface area contributed by atoms with Crippen molar-refractivity contribution in [3.05, 3.63) is 65.1 Å². The Morgan fingerprint density at radius 1 is 1.20 bits per heavy atom. The van der Waals surface area contributed by atoms with Crippen LogP contribution in [0.25, 0.3) is 10.2 Å². The van der Waals surface area contributed by atoms with Crippen molar-refractivity contribution in [2.45, 2.75) is 40.7 Å². The number of anilines is 1. The number of hydrogen-bond donors (Lipinski definition) is 0. The highest BCUT2D eigenvalue weighted by molar-refractivity contribution is 7.22. The van der Waals surface area contributed by atoms with Gasteiger partial charge in [-0.05, 0) is 57.4 Å². The average Bonchev–Trinajstić information content (AvgIpc) is 3.38. The molecule has 0 saturated heterocycles. The third-order valence-electron chi connectivity index (χ3n) is 4.91. The van der Waals surface area contributed by atoms with E-state index in [0.29, 0.717) is 17.9 Å². The van der Waals surface area contributed by atoms with Gasteiger partial charge in [-0.25, -0.2) is 9.97 Å². The van der Waals surface area contributed by atoms with E-state index in [4.69, 9.17) is 9.40 Å². The molecule has 0 atom stereocenters. The number of rotatable bonds is 6. The summed E-state index contributed by atoms with van der Waals surface area (Å²) in [5.74, 6) is 1.30. The topological polar surface area (TPSA) is 64.2 Å². The number of furan rings is 1. The van der Waals surface area contributed by atoms with E-state index < -0.39 is 0 Å². The second-order valence-corrected chi connectivity index (χ2v) is 8.34. The first-order chi connectivity index (χ1) is 13.9. The van der Waals surface area contributed by atoms with Crippen LogP contribution in [0.4, 0.5) is 5.13 Å². The van der Waals surface area contributed by atoms with Crippen LogP contribution in [-0.4, -0.2) is 27.0 Å². The molecule has 0 saturated carbocycles. The minimum Gasteiger partial charge on any atom is -0.466 e. The quantitative estimate of drug-likeness (QED) is 0.395. The minimum absolute atomic E-state index is 0. The van der Waals surface area contributed by atoms with Crippen LogP contribution in [0.3, 0.4) is 0 Å². The highest BCUT2D eigenvalue weighted by Gasteiger charge is 2.24. The number of halogens is 1. The summed E-state index contributed by atoms with van der Waals surface area (Å²) in [6, 6.07) is 6.03. The standard InChI is InChI=1S/C22H24N4O2S.ClH/c1-14-10-15(2)20-19(11-14)24-22(29-20)26(8-5-7-25-9-6-23-13-25)21(27)18-12-16(3)28-17(18)4;/h6,9-13H,5,7-8H2,1-4H3;1H. The molecule has 3 aromatic heterocycles. The Labute approximate surface area is 186 Å². The Hall–Kier alpha value is -2.64. The van der Waals surface area contributed by atoms with Crippen molar-refractivity contribution in [3.63, 3.8) is 0 Å². The van der Waals surface area contributed by atoms with E-state index in [1.54, 1.807) is 28.8 Å². The first kappa shape index (κ1) is 22.1. The largest absolute Gasteiger partial charge is 0.466 e. The van der Waals surface area contributed by atoms with Crippen molar-refractivity contribution in [1.29, 1.82) is 0 Å². The van der Waals surface area contributed by atoms with Crippen LogP contribution in [-0.2, 0) is 6.54 Å². The molecule has 30 heavy (non-hydrogen) atoms. The van der Waals surface area contributed by atoms with E-state index >= 15 is 0 Å². The molecule has 0 aliphatic heterocycles. The van der Waals surface area contributed by atoms with Crippen molar-refractivity contribution in [2.24, 2.45) is 0 Å². The maximum absolute atomic E-state index is 13.4. The number of carbonyl (C=O) groups is 1.